The highest BCUT2D eigenvalue weighted by molar-refractivity contribution is 6.31. The quantitative estimate of drug-likeness (QED) is 0.870. The van der Waals surface area contributed by atoms with E-state index in [1.165, 1.54) is 0 Å². The van der Waals surface area contributed by atoms with Crippen molar-refractivity contribution in [3.63, 3.8) is 0 Å². The molecule has 0 radical (unpaired) electrons. The van der Waals surface area contributed by atoms with Crippen LogP contribution in [0.1, 0.15) is 16.9 Å². The van der Waals surface area contributed by atoms with Crippen LogP contribution in [0.5, 0.6) is 0 Å². The molecule has 4 heteroatoms. The molecule has 0 spiro atoms. The smallest absolute Gasteiger partial charge is 0.123 e. The number of halogens is 1. The van der Waals surface area contributed by atoms with Crippen molar-refractivity contribution >= 4 is 11.6 Å². The van der Waals surface area contributed by atoms with Crippen LogP contribution in [0.25, 0.3) is 0 Å². The molecule has 1 aromatic heterocycles. The molecule has 0 fully saturated rings. The largest absolute Gasteiger partial charge is 0.468 e. The minimum atomic E-state index is 0.504. The third-order valence-electron chi connectivity index (χ3n) is 2.65. The van der Waals surface area contributed by atoms with E-state index >= 15 is 0 Å². The molecule has 0 bridgehead atoms. The monoisotopic (exact) mass is 265 g/mol. The van der Waals surface area contributed by atoms with Crippen LogP contribution in [-0.2, 0) is 24.5 Å². The van der Waals surface area contributed by atoms with E-state index in [0.717, 1.165) is 21.9 Å². The number of furan rings is 1. The first-order chi connectivity index (χ1) is 8.81. The number of hydrogen-bond acceptors (Lipinski definition) is 3. The lowest BCUT2D eigenvalue weighted by Gasteiger charge is -2.06. The summed E-state index contributed by atoms with van der Waals surface area (Å²) in [5, 5.41) is 3.79. The predicted molar refractivity (Wildman–Crippen MR) is 71.4 cm³/mol. The number of rotatable bonds is 6. The SMILES string of the molecule is CNCc1occc1COCc1ccccc1Cl. The Kier molecular flexibility index (Phi) is 4.81. The topological polar surface area (TPSA) is 34.4 Å². The van der Waals surface area contributed by atoms with Gasteiger partial charge in [0.05, 0.1) is 26.0 Å². The maximum absolute atomic E-state index is 6.06. The fourth-order valence-corrected chi connectivity index (χ4v) is 1.89. The molecule has 96 valence electrons. The third-order valence-corrected chi connectivity index (χ3v) is 3.02. The molecule has 0 unspecified atom stereocenters. The Hall–Kier alpha value is -1.29. The fourth-order valence-electron chi connectivity index (χ4n) is 1.70. The maximum Gasteiger partial charge on any atom is 0.123 e. The van der Waals surface area contributed by atoms with Crippen molar-refractivity contribution in [3.05, 3.63) is 58.5 Å². The Balaban J connectivity index is 1.88. The summed E-state index contributed by atoms with van der Waals surface area (Å²) < 4.78 is 11.0. The first kappa shape index (κ1) is 13.1. The van der Waals surface area contributed by atoms with E-state index in [1.54, 1.807) is 6.26 Å². The Morgan fingerprint density at radius 1 is 1.17 bits per heavy atom. The van der Waals surface area contributed by atoms with E-state index in [-0.39, 0.29) is 0 Å². The molecule has 18 heavy (non-hydrogen) atoms. The summed E-state index contributed by atoms with van der Waals surface area (Å²) >= 11 is 6.06. The Bertz CT molecular complexity index is 496. The molecular weight excluding hydrogens is 250 g/mol. The van der Waals surface area contributed by atoms with Gasteiger partial charge >= 0.3 is 0 Å². The van der Waals surface area contributed by atoms with Gasteiger partial charge in [0.25, 0.3) is 0 Å². The van der Waals surface area contributed by atoms with Crippen LogP contribution in [0.4, 0.5) is 0 Å². The molecule has 0 aliphatic carbocycles. The van der Waals surface area contributed by atoms with E-state index in [1.807, 2.05) is 37.4 Å². The Morgan fingerprint density at radius 2 is 1.94 bits per heavy atom. The zero-order chi connectivity index (χ0) is 12.8. The van der Waals surface area contributed by atoms with E-state index in [9.17, 15) is 0 Å². The van der Waals surface area contributed by atoms with Crippen molar-refractivity contribution in [1.82, 2.24) is 5.32 Å². The lowest BCUT2D eigenvalue weighted by atomic mass is 10.2. The minimum absolute atomic E-state index is 0.504. The zero-order valence-corrected chi connectivity index (χ0v) is 11.0. The van der Waals surface area contributed by atoms with Gasteiger partial charge in [0, 0.05) is 10.6 Å². The first-order valence-electron chi connectivity index (χ1n) is 5.82. The summed E-state index contributed by atoms with van der Waals surface area (Å²) in [6, 6.07) is 9.62. The molecule has 1 heterocycles. The molecule has 0 saturated heterocycles. The standard InChI is InChI=1S/C14H16ClNO2/c1-16-8-14-12(6-7-18-14)10-17-9-11-4-2-3-5-13(11)15/h2-7,16H,8-10H2,1H3. The second kappa shape index (κ2) is 6.59. The first-order valence-corrected chi connectivity index (χ1v) is 6.20. The fraction of sp³-hybridized carbons (Fsp3) is 0.286. The lowest BCUT2D eigenvalue weighted by molar-refractivity contribution is 0.106. The van der Waals surface area contributed by atoms with Crippen LogP contribution >= 0.6 is 11.6 Å². The predicted octanol–water partition coefficient (Wildman–Crippen LogP) is 3.37. The van der Waals surface area contributed by atoms with Gasteiger partial charge in [-0.3, -0.25) is 0 Å². The number of nitrogens with one attached hydrogen (secondary N) is 1. The average Bonchev–Trinajstić information content (AvgIpc) is 2.80. The second-order valence-electron chi connectivity index (χ2n) is 3.98. The van der Waals surface area contributed by atoms with Crippen LogP contribution in [-0.4, -0.2) is 7.05 Å². The molecule has 0 saturated carbocycles. The van der Waals surface area contributed by atoms with E-state index in [2.05, 4.69) is 5.32 Å². The molecule has 0 aliphatic rings. The van der Waals surface area contributed by atoms with Crippen molar-refractivity contribution < 1.29 is 9.15 Å². The van der Waals surface area contributed by atoms with Gasteiger partial charge in [-0.2, -0.15) is 0 Å². The summed E-state index contributed by atoms with van der Waals surface area (Å²) in [5.41, 5.74) is 2.06. The van der Waals surface area contributed by atoms with Crippen LogP contribution in [0.15, 0.2) is 41.0 Å². The van der Waals surface area contributed by atoms with Gasteiger partial charge in [-0.25, -0.2) is 0 Å². The van der Waals surface area contributed by atoms with Gasteiger partial charge in [-0.15, -0.1) is 0 Å². The van der Waals surface area contributed by atoms with Crippen molar-refractivity contribution in [3.8, 4) is 0 Å². The molecule has 0 atom stereocenters. The Morgan fingerprint density at radius 3 is 2.72 bits per heavy atom. The molecule has 3 nitrogen and oxygen atoms in total. The summed E-state index contributed by atoms with van der Waals surface area (Å²) in [7, 11) is 1.89. The minimum Gasteiger partial charge on any atom is -0.468 e. The highest BCUT2D eigenvalue weighted by atomic mass is 35.5. The van der Waals surface area contributed by atoms with Gasteiger partial charge < -0.3 is 14.5 Å². The van der Waals surface area contributed by atoms with Gasteiger partial charge in [0.15, 0.2) is 0 Å². The van der Waals surface area contributed by atoms with Gasteiger partial charge in [0.2, 0.25) is 0 Å². The van der Waals surface area contributed by atoms with Gasteiger partial charge in [-0.1, -0.05) is 29.8 Å². The van der Waals surface area contributed by atoms with E-state index < -0.39 is 0 Å². The van der Waals surface area contributed by atoms with E-state index in [4.69, 9.17) is 20.8 Å². The van der Waals surface area contributed by atoms with Crippen LogP contribution in [0, 0.1) is 0 Å². The number of ether oxygens (including phenoxy) is 1. The normalized spacial score (nSPS) is 10.8. The molecule has 1 aromatic carbocycles. The van der Waals surface area contributed by atoms with Crippen LogP contribution in [0.3, 0.4) is 0 Å². The molecule has 0 aliphatic heterocycles. The number of benzene rings is 1. The highest BCUT2D eigenvalue weighted by Gasteiger charge is 2.06. The zero-order valence-electron chi connectivity index (χ0n) is 10.3. The molecule has 0 amide bonds. The average molecular weight is 266 g/mol. The molecule has 2 rings (SSSR count). The van der Waals surface area contributed by atoms with Crippen molar-refractivity contribution in [2.45, 2.75) is 19.8 Å². The van der Waals surface area contributed by atoms with Crippen molar-refractivity contribution in [1.29, 1.82) is 0 Å². The highest BCUT2D eigenvalue weighted by Crippen LogP contribution is 2.17. The summed E-state index contributed by atoms with van der Waals surface area (Å²) in [6.45, 7) is 1.74. The molecule has 1 N–H and O–H groups in total. The van der Waals surface area contributed by atoms with Crippen LogP contribution in [0.2, 0.25) is 5.02 Å². The molecule has 2 aromatic rings. The maximum atomic E-state index is 6.06. The molecular formula is C14H16ClNO2. The van der Waals surface area contributed by atoms with E-state index in [0.29, 0.717) is 19.8 Å². The van der Waals surface area contributed by atoms with Gasteiger partial charge in [0.1, 0.15) is 5.76 Å². The Labute approximate surface area is 112 Å². The van der Waals surface area contributed by atoms with Crippen LogP contribution < -0.4 is 5.32 Å². The number of hydrogen-bond donors (Lipinski definition) is 1. The third kappa shape index (κ3) is 3.35. The summed E-state index contributed by atoms with van der Waals surface area (Å²) in [5.74, 6) is 0.914. The van der Waals surface area contributed by atoms with Gasteiger partial charge in [-0.05, 0) is 24.7 Å². The summed E-state index contributed by atoms with van der Waals surface area (Å²) in [4.78, 5) is 0. The second-order valence-corrected chi connectivity index (χ2v) is 4.39. The lowest BCUT2D eigenvalue weighted by Crippen LogP contribution is -2.06. The van der Waals surface area contributed by atoms with Crippen molar-refractivity contribution in [2.24, 2.45) is 0 Å². The van der Waals surface area contributed by atoms with Crippen molar-refractivity contribution in [2.75, 3.05) is 7.05 Å². The summed E-state index contributed by atoms with van der Waals surface area (Å²) in [6.07, 6.45) is 1.68.